The number of benzene rings is 10. The Bertz CT molecular complexity index is 3110. The smallest absolute Gasteiger partial charge is 0.184 e. The molecule has 2 heteroatoms. The van der Waals surface area contributed by atoms with Gasteiger partial charge in [-0.1, -0.05) is 206 Å². The molecule has 0 aliphatic heterocycles. The fourth-order valence-electron chi connectivity index (χ4n) is 9.33. The lowest BCUT2D eigenvalue weighted by Crippen LogP contribution is -2.74. The zero-order chi connectivity index (χ0) is 37.1. The van der Waals surface area contributed by atoms with Crippen LogP contribution in [0.25, 0.3) is 76.5 Å². The molecular formula is C54H36OSi. The van der Waals surface area contributed by atoms with Gasteiger partial charge >= 0.3 is 0 Å². The summed E-state index contributed by atoms with van der Waals surface area (Å²) in [6.45, 7) is 0. The molecule has 262 valence electrons. The normalized spacial score (nSPS) is 11.9. The zero-order valence-electron chi connectivity index (χ0n) is 30.7. The highest BCUT2D eigenvalue weighted by atomic mass is 28.3. The Balaban J connectivity index is 1.12. The van der Waals surface area contributed by atoms with Gasteiger partial charge in [-0.05, 0) is 81.9 Å². The highest BCUT2D eigenvalue weighted by Gasteiger charge is 2.43. The molecule has 0 saturated heterocycles. The second kappa shape index (κ2) is 13.1. The Hall–Kier alpha value is -7.00. The third-order valence-electron chi connectivity index (χ3n) is 11.8. The SMILES string of the molecule is c1ccc([Si](c2ccccc2)(c2ccccc2)c2cccc3c2oc2c(-c4cccc(-c5ccc6c7ccccc7c7ccccc7c6c5)c4)cccc23)cc1. The van der Waals surface area contributed by atoms with E-state index < -0.39 is 8.07 Å². The lowest BCUT2D eigenvalue weighted by molar-refractivity contribution is 0.672. The van der Waals surface area contributed by atoms with Crippen molar-refractivity contribution in [3.8, 4) is 22.3 Å². The van der Waals surface area contributed by atoms with Crippen molar-refractivity contribution in [2.75, 3.05) is 0 Å². The van der Waals surface area contributed by atoms with Crippen molar-refractivity contribution in [3.05, 3.63) is 218 Å². The molecule has 0 spiro atoms. The van der Waals surface area contributed by atoms with E-state index in [1.54, 1.807) is 0 Å². The molecule has 0 bridgehead atoms. The molecule has 0 atom stereocenters. The summed E-state index contributed by atoms with van der Waals surface area (Å²) in [6.07, 6.45) is 0. The third kappa shape index (κ3) is 4.93. The number of fused-ring (bicyclic) bond motifs is 9. The molecule has 0 unspecified atom stereocenters. The minimum Gasteiger partial charge on any atom is -0.455 e. The minimum absolute atomic E-state index is 0.917. The zero-order valence-corrected chi connectivity index (χ0v) is 31.7. The van der Waals surface area contributed by atoms with Crippen LogP contribution in [0.5, 0.6) is 0 Å². The monoisotopic (exact) mass is 728 g/mol. The molecule has 10 aromatic carbocycles. The van der Waals surface area contributed by atoms with Crippen LogP contribution in [0.3, 0.4) is 0 Å². The highest BCUT2D eigenvalue weighted by Crippen LogP contribution is 2.40. The maximum absolute atomic E-state index is 7.27. The van der Waals surface area contributed by atoms with Gasteiger partial charge in [0.2, 0.25) is 0 Å². The Morgan fingerprint density at radius 2 is 0.696 bits per heavy atom. The fourth-order valence-corrected chi connectivity index (χ4v) is 14.2. The maximum Gasteiger partial charge on any atom is 0.184 e. The van der Waals surface area contributed by atoms with E-state index in [0.717, 1.165) is 33.1 Å². The van der Waals surface area contributed by atoms with Crippen LogP contribution in [-0.2, 0) is 0 Å². The standard InChI is InChI=1S/C54H36OSi/c1-4-19-40(20-5-1)56(41-21-6-2-7-22-41,42-23-8-3-9-24-42)52-32-16-31-50-49-30-15-29-43(53(49)55-54(50)52)39-18-14-17-37(35-39)38-33-34-48-46-27-11-10-25-44(46)45-26-12-13-28-47(45)51(48)36-38/h1-36H. The van der Waals surface area contributed by atoms with Crippen molar-refractivity contribution < 1.29 is 4.42 Å². The Labute approximate surface area is 326 Å². The van der Waals surface area contributed by atoms with Crippen molar-refractivity contribution in [1.82, 2.24) is 0 Å². The molecule has 1 nitrogen and oxygen atoms in total. The summed E-state index contributed by atoms with van der Waals surface area (Å²) in [5, 5.41) is 15.2. The van der Waals surface area contributed by atoms with Crippen molar-refractivity contribution in [2.24, 2.45) is 0 Å². The van der Waals surface area contributed by atoms with Crippen molar-refractivity contribution in [3.63, 3.8) is 0 Å². The second-order valence-corrected chi connectivity index (χ2v) is 18.5. The molecule has 0 radical (unpaired) electrons. The fraction of sp³-hybridized carbons (Fsp3) is 0. The first-order valence-electron chi connectivity index (χ1n) is 19.3. The molecule has 56 heavy (non-hydrogen) atoms. The van der Waals surface area contributed by atoms with E-state index in [2.05, 4.69) is 218 Å². The third-order valence-corrected chi connectivity index (χ3v) is 16.6. The lowest BCUT2D eigenvalue weighted by atomic mass is 9.91. The first-order valence-corrected chi connectivity index (χ1v) is 21.3. The molecule has 0 aliphatic rings. The molecule has 0 amide bonds. The summed E-state index contributed by atoms with van der Waals surface area (Å²) >= 11 is 0. The van der Waals surface area contributed by atoms with Crippen LogP contribution in [0.2, 0.25) is 0 Å². The summed E-state index contributed by atoms with van der Waals surface area (Å²) < 4.78 is 7.27. The number of furan rings is 1. The van der Waals surface area contributed by atoms with Crippen LogP contribution in [0.4, 0.5) is 0 Å². The Morgan fingerprint density at radius 3 is 1.29 bits per heavy atom. The predicted molar refractivity (Wildman–Crippen MR) is 241 cm³/mol. The number of para-hydroxylation sites is 2. The van der Waals surface area contributed by atoms with Crippen LogP contribution in [0.15, 0.2) is 223 Å². The average Bonchev–Trinajstić information content (AvgIpc) is 3.68. The summed E-state index contributed by atoms with van der Waals surface area (Å²) in [4.78, 5) is 0. The molecule has 1 heterocycles. The highest BCUT2D eigenvalue weighted by molar-refractivity contribution is 7.20. The quantitative estimate of drug-likeness (QED) is 0.0944. The van der Waals surface area contributed by atoms with Gasteiger partial charge in [0.1, 0.15) is 11.2 Å². The van der Waals surface area contributed by atoms with Gasteiger partial charge < -0.3 is 4.42 Å². The molecule has 11 rings (SSSR count). The van der Waals surface area contributed by atoms with Gasteiger partial charge in [-0.25, -0.2) is 0 Å². The first kappa shape index (κ1) is 32.4. The van der Waals surface area contributed by atoms with Crippen LogP contribution in [0.1, 0.15) is 0 Å². The summed E-state index contributed by atoms with van der Waals surface area (Å²) in [7, 11) is -2.83. The van der Waals surface area contributed by atoms with Crippen LogP contribution in [0, 0.1) is 0 Å². The maximum atomic E-state index is 7.27. The summed E-state index contributed by atoms with van der Waals surface area (Å²) in [5.41, 5.74) is 6.48. The van der Waals surface area contributed by atoms with Gasteiger partial charge in [0.05, 0.1) is 0 Å². The lowest BCUT2D eigenvalue weighted by Gasteiger charge is -2.34. The number of rotatable bonds is 6. The van der Waals surface area contributed by atoms with Crippen LogP contribution >= 0.6 is 0 Å². The minimum atomic E-state index is -2.83. The molecule has 0 N–H and O–H groups in total. The van der Waals surface area contributed by atoms with Crippen molar-refractivity contribution >= 4 is 83.1 Å². The molecule has 0 fully saturated rings. The number of hydrogen-bond donors (Lipinski definition) is 0. The Morgan fingerprint density at radius 1 is 0.268 bits per heavy atom. The van der Waals surface area contributed by atoms with E-state index in [-0.39, 0.29) is 0 Å². The molecule has 1 aromatic heterocycles. The first-order chi connectivity index (χ1) is 27.8. The van der Waals surface area contributed by atoms with Gasteiger partial charge in [-0.15, -0.1) is 0 Å². The van der Waals surface area contributed by atoms with E-state index in [9.17, 15) is 0 Å². The van der Waals surface area contributed by atoms with Crippen LogP contribution in [-0.4, -0.2) is 8.07 Å². The van der Waals surface area contributed by atoms with E-state index >= 15 is 0 Å². The van der Waals surface area contributed by atoms with E-state index in [1.807, 2.05) is 0 Å². The van der Waals surface area contributed by atoms with E-state index in [1.165, 1.54) is 64.2 Å². The molecule has 0 aliphatic carbocycles. The van der Waals surface area contributed by atoms with Gasteiger partial charge in [0.25, 0.3) is 0 Å². The Kier molecular flexibility index (Phi) is 7.58. The van der Waals surface area contributed by atoms with Crippen LogP contribution < -0.4 is 20.7 Å². The van der Waals surface area contributed by atoms with Gasteiger partial charge in [0.15, 0.2) is 8.07 Å². The van der Waals surface area contributed by atoms with Gasteiger partial charge in [-0.3, -0.25) is 0 Å². The summed E-state index contributed by atoms with van der Waals surface area (Å²) in [6, 6.07) is 80.1. The number of hydrogen-bond acceptors (Lipinski definition) is 1. The van der Waals surface area contributed by atoms with Crippen molar-refractivity contribution in [2.45, 2.75) is 0 Å². The average molecular weight is 729 g/mol. The largest absolute Gasteiger partial charge is 0.455 e. The van der Waals surface area contributed by atoms with Crippen molar-refractivity contribution in [1.29, 1.82) is 0 Å². The molecule has 11 aromatic rings. The van der Waals surface area contributed by atoms with Gasteiger partial charge in [-0.2, -0.15) is 0 Å². The van der Waals surface area contributed by atoms with E-state index in [4.69, 9.17) is 4.42 Å². The topological polar surface area (TPSA) is 13.1 Å². The predicted octanol–water partition coefficient (Wildman–Crippen LogP) is 11.8. The second-order valence-electron chi connectivity index (χ2n) is 14.7. The summed E-state index contributed by atoms with van der Waals surface area (Å²) in [5.74, 6) is 0. The van der Waals surface area contributed by atoms with E-state index in [0.29, 0.717) is 0 Å². The molecule has 0 saturated carbocycles. The molecular weight excluding hydrogens is 693 g/mol. The van der Waals surface area contributed by atoms with Gasteiger partial charge in [0, 0.05) is 16.3 Å².